The fraction of sp³-hybridized carbons (Fsp3) is 0.300. The summed E-state index contributed by atoms with van der Waals surface area (Å²) in [6, 6.07) is 48.3. The molecule has 1 aliphatic heterocycles. The number of para-hydroxylation sites is 2. The third kappa shape index (κ3) is 7.07. The van der Waals surface area contributed by atoms with Crippen LogP contribution in [0.15, 0.2) is 128 Å². The molecule has 1 fully saturated rings. The first-order valence-corrected chi connectivity index (χ1v) is 23.6. The maximum atomic E-state index is 12.6. The van der Waals surface area contributed by atoms with Crippen LogP contribution in [0.25, 0.3) is 78.0 Å². The Morgan fingerprint density at radius 3 is 2.03 bits per heavy atom. The summed E-state index contributed by atoms with van der Waals surface area (Å²) in [5, 5.41) is 15.0. The van der Waals surface area contributed by atoms with Gasteiger partial charge in [0.1, 0.15) is 17.4 Å². The zero-order valence-corrected chi connectivity index (χ0v) is 41.9. The van der Waals surface area contributed by atoms with Gasteiger partial charge in [-0.1, -0.05) is 165 Å². The molecular weight excluding hydrogens is 988 g/mol. The topological polar surface area (TPSA) is 55.9 Å². The summed E-state index contributed by atoms with van der Waals surface area (Å²) in [4.78, 5) is 10.9. The third-order valence-electron chi connectivity index (χ3n) is 14.5. The van der Waals surface area contributed by atoms with Crippen LogP contribution in [0.3, 0.4) is 0 Å². The number of aromatic nitrogens is 4. The first-order chi connectivity index (χ1) is 31.1. The molecule has 1 aliphatic carbocycles. The van der Waals surface area contributed by atoms with E-state index in [0.717, 1.165) is 67.0 Å². The van der Waals surface area contributed by atoms with E-state index in [1.54, 1.807) is 0 Å². The molecule has 5 nitrogen and oxygen atoms in total. The summed E-state index contributed by atoms with van der Waals surface area (Å²) in [5.41, 5.74) is 15.5. The Bertz CT molecular complexity index is 3350. The third-order valence-corrected chi connectivity index (χ3v) is 14.5. The Kier molecular flexibility index (Phi) is 10.6. The maximum Gasteiger partial charge on any atom is 0.148 e. The standard InChI is InChI=1S/C60H59N4O.Pt/c1-58(2,3)38-28-30-50(47(33-38)36-18-11-10-12-19-36)63-51-26-16-22-40(53(51)62-57(63)48-34-39(59(4,5)6)35-49(55(48)65)60(7,8)9)37-27-29-43-45-24-15-23-44-41-20-13-14-21-42(41)46-25-17-31-61-56(46)64(54(44)45)52(43)32-37;/h10-12,15-19,22-31,33-35,41-42,65H,13-14,20-21H2,1-9H3;/q-1;. The molecule has 4 heterocycles. The van der Waals surface area contributed by atoms with E-state index in [0.29, 0.717) is 17.7 Å². The van der Waals surface area contributed by atoms with Gasteiger partial charge in [0.05, 0.1) is 22.3 Å². The average Bonchev–Trinajstić information content (AvgIpc) is 3.80. The fourth-order valence-electron chi connectivity index (χ4n) is 11.0. The van der Waals surface area contributed by atoms with Crippen molar-refractivity contribution in [2.24, 2.45) is 0 Å². The van der Waals surface area contributed by atoms with Crippen molar-refractivity contribution in [2.75, 3.05) is 0 Å². The van der Waals surface area contributed by atoms with Crippen LogP contribution in [0.2, 0.25) is 0 Å². The van der Waals surface area contributed by atoms with Crippen molar-refractivity contribution in [1.29, 1.82) is 0 Å². The van der Waals surface area contributed by atoms with Crippen LogP contribution in [0.5, 0.6) is 5.75 Å². The normalized spacial score (nSPS) is 16.3. The van der Waals surface area contributed by atoms with E-state index in [1.807, 2.05) is 6.20 Å². The van der Waals surface area contributed by atoms with Crippen LogP contribution < -0.4 is 0 Å². The average molecular weight is 1050 g/mol. The minimum absolute atomic E-state index is 0. The van der Waals surface area contributed by atoms with E-state index in [-0.39, 0.29) is 43.1 Å². The fourth-order valence-corrected chi connectivity index (χ4v) is 11.0. The molecule has 0 saturated heterocycles. The number of hydrogen-bond donors (Lipinski definition) is 1. The van der Waals surface area contributed by atoms with Crippen LogP contribution in [0.4, 0.5) is 0 Å². The number of phenolic OH excluding ortho intramolecular Hbond substituents is 1. The van der Waals surface area contributed by atoms with Crippen LogP contribution in [0, 0.1) is 6.07 Å². The molecule has 11 rings (SSSR count). The van der Waals surface area contributed by atoms with Crippen molar-refractivity contribution in [2.45, 2.75) is 116 Å². The van der Waals surface area contributed by atoms with Gasteiger partial charge in [-0.3, -0.25) is 4.57 Å². The van der Waals surface area contributed by atoms with Crippen LogP contribution in [-0.2, 0) is 37.3 Å². The molecule has 2 aliphatic rings. The summed E-state index contributed by atoms with van der Waals surface area (Å²) >= 11 is 0. The van der Waals surface area contributed by atoms with Gasteiger partial charge in [-0.05, 0) is 110 Å². The molecule has 2 atom stereocenters. The van der Waals surface area contributed by atoms with Crippen molar-refractivity contribution in [3.63, 3.8) is 0 Å². The maximum absolute atomic E-state index is 12.6. The smallest absolute Gasteiger partial charge is 0.148 e. The van der Waals surface area contributed by atoms with Crippen LogP contribution >= 0.6 is 0 Å². The van der Waals surface area contributed by atoms with Gasteiger partial charge in [-0.25, -0.2) is 9.97 Å². The van der Waals surface area contributed by atoms with Gasteiger partial charge in [0, 0.05) is 43.9 Å². The minimum Gasteiger partial charge on any atom is -0.507 e. The summed E-state index contributed by atoms with van der Waals surface area (Å²) in [5.74, 6) is 2.90. The van der Waals surface area contributed by atoms with Crippen LogP contribution in [-0.4, -0.2) is 24.2 Å². The second kappa shape index (κ2) is 15.9. The number of aromatic hydroxyl groups is 1. The second-order valence-corrected chi connectivity index (χ2v) is 21.8. The Balaban J connectivity index is 0.00000511. The van der Waals surface area contributed by atoms with Crippen LogP contribution in [0.1, 0.15) is 128 Å². The van der Waals surface area contributed by atoms with E-state index < -0.39 is 0 Å². The van der Waals surface area contributed by atoms with Gasteiger partial charge >= 0.3 is 0 Å². The molecule has 0 spiro atoms. The van der Waals surface area contributed by atoms with E-state index in [4.69, 9.17) is 9.97 Å². The van der Waals surface area contributed by atoms with Crippen molar-refractivity contribution >= 4 is 32.8 Å². The van der Waals surface area contributed by atoms with Gasteiger partial charge in [0.25, 0.3) is 0 Å². The minimum atomic E-state index is -0.318. The van der Waals surface area contributed by atoms with Gasteiger partial charge in [-0.2, -0.15) is 0 Å². The largest absolute Gasteiger partial charge is 0.507 e. The Morgan fingerprint density at radius 2 is 1.30 bits per heavy atom. The van der Waals surface area contributed by atoms with Crippen molar-refractivity contribution in [3.05, 3.63) is 161 Å². The number of rotatable bonds is 4. The molecule has 66 heavy (non-hydrogen) atoms. The van der Waals surface area contributed by atoms with Gasteiger partial charge in [-0.15, -0.1) is 23.8 Å². The molecule has 9 aromatic rings. The summed E-state index contributed by atoms with van der Waals surface area (Å²) in [6.07, 6.45) is 6.83. The second-order valence-electron chi connectivity index (χ2n) is 21.8. The summed E-state index contributed by atoms with van der Waals surface area (Å²) in [7, 11) is 0. The Labute approximate surface area is 404 Å². The van der Waals surface area contributed by atoms with Crippen molar-refractivity contribution in [1.82, 2.24) is 19.1 Å². The number of hydrogen-bond acceptors (Lipinski definition) is 3. The molecule has 0 bridgehead atoms. The molecule has 6 heteroatoms. The zero-order valence-electron chi connectivity index (χ0n) is 39.7. The molecule has 1 saturated carbocycles. The molecule has 0 radical (unpaired) electrons. The van der Waals surface area contributed by atoms with E-state index in [9.17, 15) is 5.11 Å². The summed E-state index contributed by atoms with van der Waals surface area (Å²) in [6.45, 7) is 20.1. The zero-order chi connectivity index (χ0) is 45.2. The molecule has 6 aromatic carbocycles. The molecular formula is C60H59N4OPt-. The molecule has 0 amide bonds. The molecule has 1 N–H and O–H groups in total. The van der Waals surface area contributed by atoms with Crippen molar-refractivity contribution in [3.8, 4) is 50.9 Å². The molecule has 2 unspecified atom stereocenters. The molecule has 336 valence electrons. The van der Waals surface area contributed by atoms with E-state index in [2.05, 4.69) is 199 Å². The van der Waals surface area contributed by atoms with Gasteiger partial charge < -0.3 is 9.67 Å². The number of imidazole rings is 1. The Hall–Kier alpha value is -5.77. The number of phenols is 1. The first kappa shape index (κ1) is 44.1. The number of nitrogens with zero attached hydrogens (tertiary/aromatic N) is 4. The van der Waals surface area contributed by atoms with Gasteiger partial charge in [0.15, 0.2) is 0 Å². The predicted octanol–water partition coefficient (Wildman–Crippen LogP) is 15.7. The van der Waals surface area contributed by atoms with E-state index in [1.165, 1.54) is 58.7 Å². The number of benzene rings is 6. The predicted molar refractivity (Wildman–Crippen MR) is 270 cm³/mol. The monoisotopic (exact) mass is 1050 g/mol. The van der Waals surface area contributed by atoms with Crippen molar-refractivity contribution < 1.29 is 26.2 Å². The summed E-state index contributed by atoms with van der Waals surface area (Å²) < 4.78 is 4.72. The van der Waals surface area contributed by atoms with Gasteiger partial charge in [0.2, 0.25) is 0 Å². The SMILES string of the molecule is CC(C)(C)c1ccc(-n2c(-c3cc(C(C)(C)C)cc(C(C)(C)C)c3O)nc3c(-c4[c-]c5c(cc4)c4cccc6c4n5-c4ncccc4C4CCCCC64)cccc32)c(-c2ccccc2)c1.[Pt]. The first-order valence-electron chi connectivity index (χ1n) is 23.6. The quantitative estimate of drug-likeness (QED) is 0.179. The Morgan fingerprint density at radius 1 is 0.606 bits per heavy atom. The molecule has 3 aromatic heterocycles. The number of fused-ring (bicyclic) bond motifs is 9. The van der Waals surface area contributed by atoms with E-state index >= 15 is 0 Å². The number of pyridine rings is 1.